The Kier molecular flexibility index (Phi) is 3.53. The summed E-state index contributed by atoms with van der Waals surface area (Å²) in [6.45, 7) is 2.29. The van der Waals surface area contributed by atoms with Gasteiger partial charge in [-0.15, -0.1) is 0 Å². The minimum absolute atomic E-state index is 0.221. The van der Waals surface area contributed by atoms with Crippen molar-refractivity contribution < 1.29 is 4.79 Å². The van der Waals surface area contributed by atoms with Gasteiger partial charge in [0.2, 0.25) is 0 Å². The van der Waals surface area contributed by atoms with Crippen molar-refractivity contribution >= 4 is 23.2 Å². The predicted molar refractivity (Wildman–Crippen MR) is 70.9 cm³/mol. The van der Waals surface area contributed by atoms with E-state index >= 15 is 0 Å². The number of pyridine rings is 1. The summed E-state index contributed by atoms with van der Waals surface area (Å²) >= 11 is 5.79. The molecule has 94 valence electrons. The van der Waals surface area contributed by atoms with Crippen LogP contribution < -0.4 is 16.4 Å². The Bertz CT molecular complexity index is 551. The van der Waals surface area contributed by atoms with Gasteiger partial charge in [-0.25, -0.2) is 4.98 Å². The number of halogens is 1. The Hall–Kier alpha value is -2.01. The Balaban J connectivity index is 2.15. The van der Waals surface area contributed by atoms with Gasteiger partial charge in [0, 0.05) is 10.7 Å². The van der Waals surface area contributed by atoms with Crippen molar-refractivity contribution in [3.05, 3.63) is 46.5 Å². The second kappa shape index (κ2) is 5.10. The van der Waals surface area contributed by atoms with Crippen molar-refractivity contribution in [2.75, 3.05) is 12.3 Å². The molecule has 0 spiro atoms. The third-order valence-electron chi connectivity index (χ3n) is 2.41. The molecule has 0 saturated heterocycles. The average Bonchev–Trinajstić information content (AvgIpc) is 2.35. The molecule has 4 N–H and O–H groups in total. The zero-order valence-corrected chi connectivity index (χ0v) is 10.6. The van der Waals surface area contributed by atoms with Gasteiger partial charge in [0.15, 0.2) is 5.69 Å². The molecule has 2 rings (SSSR count). The number of amides is 1. The number of aromatic nitrogens is 1. The van der Waals surface area contributed by atoms with E-state index in [2.05, 4.69) is 15.6 Å². The van der Waals surface area contributed by atoms with E-state index in [1.54, 1.807) is 31.2 Å². The number of rotatable bonds is 2. The summed E-state index contributed by atoms with van der Waals surface area (Å²) in [4.78, 5) is 16.1. The maximum atomic E-state index is 12.0. The lowest BCUT2D eigenvalue weighted by molar-refractivity contribution is 0.0959. The van der Waals surface area contributed by atoms with Crippen molar-refractivity contribution in [3.63, 3.8) is 0 Å². The number of nitrogen functional groups attached to an aromatic ring is 1. The highest BCUT2D eigenvalue weighted by atomic mass is 35.5. The smallest absolute Gasteiger partial charge is 0.277 e. The van der Waals surface area contributed by atoms with Crippen LogP contribution in [0.1, 0.15) is 16.2 Å². The number of anilines is 1. The van der Waals surface area contributed by atoms with Crippen LogP contribution in [-0.2, 0) is 0 Å². The maximum Gasteiger partial charge on any atom is 0.277 e. The number of carbonyl (C=O) groups excluding carboxylic acids is 1. The molecule has 0 saturated carbocycles. The first kappa shape index (κ1) is 12.4. The van der Waals surface area contributed by atoms with Gasteiger partial charge in [-0.1, -0.05) is 11.6 Å². The van der Waals surface area contributed by atoms with Gasteiger partial charge in [-0.3, -0.25) is 4.79 Å². The van der Waals surface area contributed by atoms with Crippen LogP contribution in [0.5, 0.6) is 0 Å². The van der Waals surface area contributed by atoms with E-state index in [1.807, 2.05) is 0 Å². The Morgan fingerprint density at radius 3 is 2.94 bits per heavy atom. The summed E-state index contributed by atoms with van der Waals surface area (Å²) in [5, 5.41) is 6.33. The third kappa shape index (κ3) is 2.81. The summed E-state index contributed by atoms with van der Waals surface area (Å²) in [7, 11) is 0. The molecule has 0 radical (unpaired) electrons. The third-order valence-corrected chi connectivity index (χ3v) is 2.67. The molecule has 6 heteroatoms. The topological polar surface area (TPSA) is 80.0 Å². The van der Waals surface area contributed by atoms with Gasteiger partial charge >= 0.3 is 0 Å². The number of carbonyl (C=O) groups is 1. The van der Waals surface area contributed by atoms with Crippen LogP contribution in [0, 0.1) is 6.92 Å². The van der Waals surface area contributed by atoms with Gasteiger partial charge in [-0.05, 0) is 31.2 Å². The van der Waals surface area contributed by atoms with Gasteiger partial charge < -0.3 is 16.4 Å². The molecule has 1 amide bonds. The van der Waals surface area contributed by atoms with Gasteiger partial charge in [-0.2, -0.15) is 0 Å². The fourth-order valence-corrected chi connectivity index (χ4v) is 1.62. The average molecular weight is 265 g/mol. The van der Waals surface area contributed by atoms with Crippen LogP contribution in [0.3, 0.4) is 0 Å². The molecule has 0 bridgehead atoms. The fraction of sp³-hybridized carbons (Fsp3) is 0.167. The van der Waals surface area contributed by atoms with E-state index in [0.29, 0.717) is 23.1 Å². The highest BCUT2D eigenvalue weighted by molar-refractivity contribution is 6.30. The molecule has 0 atom stereocenters. The lowest BCUT2D eigenvalue weighted by atomic mass is 10.2. The number of dihydropyridines is 1. The zero-order chi connectivity index (χ0) is 13.1. The molecule has 0 unspecified atom stereocenters. The molecule has 1 aliphatic rings. The first-order chi connectivity index (χ1) is 8.56. The summed E-state index contributed by atoms with van der Waals surface area (Å²) in [6.07, 6.45) is 3.41. The second-order valence-corrected chi connectivity index (χ2v) is 4.38. The molecule has 1 aromatic rings. The summed E-state index contributed by atoms with van der Waals surface area (Å²) in [5.74, 6) is 0.230. The summed E-state index contributed by atoms with van der Waals surface area (Å²) in [6, 6.07) is 3.42. The number of hydrogen-bond donors (Lipinski definition) is 3. The van der Waals surface area contributed by atoms with Crippen molar-refractivity contribution in [1.82, 2.24) is 15.6 Å². The van der Waals surface area contributed by atoms with E-state index in [-0.39, 0.29) is 11.6 Å². The van der Waals surface area contributed by atoms with Crippen LogP contribution in [0.2, 0.25) is 0 Å². The first-order valence-electron chi connectivity index (χ1n) is 5.41. The highest BCUT2D eigenvalue weighted by Crippen LogP contribution is 2.11. The molecule has 5 nitrogen and oxygen atoms in total. The van der Waals surface area contributed by atoms with Crippen LogP contribution in [0.15, 0.2) is 35.1 Å². The van der Waals surface area contributed by atoms with Crippen molar-refractivity contribution in [2.24, 2.45) is 0 Å². The van der Waals surface area contributed by atoms with Crippen molar-refractivity contribution in [1.29, 1.82) is 0 Å². The largest absolute Gasteiger partial charge is 0.397 e. The van der Waals surface area contributed by atoms with Gasteiger partial charge in [0.05, 0.1) is 12.2 Å². The number of allylic oxidation sites excluding steroid dienone is 2. The molecule has 0 aromatic carbocycles. The highest BCUT2D eigenvalue weighted by Gasteiger charge is 2.14. The van der Waals surface area contributed by atoms with Crippen LogP contribution in [0.4, 0.5) is 5.69 Å². The quantitative estimate of drug-likeness (QED) is 0.752. The number of nitrogens with two attached hydrogens (primary N) is 1. The van der Waals surface area contributed by atoms with Crippen LogP contribution >= 0.6 is 11.6 Å². The zero-order valence-electron chi connectivity index (χ0n) is 9.83. The molecule has 18 heavy (non-hydrogen) atoms. The monoisotopic (exact) mass is 264 g/mol. The van der Waals surface area contributed by atoms with Crippen molar-refractivity contribution in [3.8, 4) is 0 Å². The van der Waals surface area contributed by atoms with E-state index in [0.717, 1.165) is 5.69 Å². The Labute approximate surface area is 110 Å². The van der Waals surface area contributed by atoms with Gasteiger partial charge in [0.25, 0.3) is 5.91 Å². The normalized spacial score (nSPS) is 14.3. The molecule has 1 aromatic heterocycles. The number of nitrogens with zero attached hydrogens (tertiary/aromatic N) is 1. The lowest BCUT2D eigenvalue weighted by Crippen LogP contribution is -2.34. The molecule has 1 aliphatic heterocycles. The number of hydrogen-bond acceptors (Lipinski definition) is 4. The fourth-order valence-electron chi connectivity index (χ4n) is 1.49. The predicted octanol–water partition coefficient (Wildman–Crippen LogP) is 1.27. The van der Waals surface area contributed by atoms with Gasteiger partial charge in [0.1, 0.15) is 5.82 Å². The molecule has 0 aliphatic carbocycles. The Morgan fingerprint density at radius 2 is 2.28 bits per heavy atom. The van der Waals surface area contributed by atoms with Crippen molar-refractivity contribution in [2.45, 2.75) is 6.92 Å². The summed E-state index contributed by atoms with van der Waals surface area (Å²) < 4.78 is 0. The molecule has 2 heterocycles. The lowest BCUT2D eigenvalue weighted by Gasteiger charge is -2.15. The van der Waals surface area contributed by atoms with E-state index in [1.165, 1.54) is 0 Å². The molecular formula is C12H13ClN4O. The number of aryl methyl sites for hydroxylation is 1. The van der Waals surface area contributed by atoms with E-state index in [4.69, 9.17) is 17.3 Å². The van der Waals surface area contributed by atoms with E-state index < -0.39 is 0 Å². The maximum absolute atomic E-state index is 12.0. The second-order valence-electron chi connectivity index (χ2n) is 3.89. The summed E-state index contributed by atoms with van der Waals surface area (Å²) in [5.41, 5.74) is 7.03. The standard InChI is InChI=1S/C12H13ClN4O/c1-7-2-4-9(14)11(16-7)12(18)17-10-5-3-8(13)6-15-10/h2-5,15H,6,14H2,1H3,(H,17,18). The number of nitrogens with one attached hydrogen (secondary N) is 2. The van der Waals surface area contributed by atoms with Crippen LogP contribution in [0.25, 0.3) is 0 Å². The molecule has 0 fully saturated rings. The Morgan fingerprint density at radius 1 is 1.50 bits per heavy atom. The SMILES string of the molecule is Cc1ccc(N)c(C(=O)NC2=CC=C(Cl)CN2)n1. The first-order valence-corrected chi connectivity index (χ1v) is 5.79. The molecular weight excluding hydrogens is 252 g/mol. The van der Waals surface area contributed by atoms with Crippen LogP contribution in [-0.4, -0.2) is 17.4 Å². The van der Waals surface area contributed by atoms with E-state index in [9.17, 15) is 4.79 Å². The minimum atomic E-state index is -0.346. The minimum Gasteiger partial charge on any atom is -0.397 e.